The summed E-state index contributed by atoms with van der Waals surface area (Å²) in [6.07, 6.45) is 1.66. The highest BCUT2D eigenvalue weighted by molar-refractivity contribution is 9.10. The van der Waals surface area contributed by atoms with Crippen LogP contribution in [-0.4, -0.2) is 15.5 Å². The van der Waals surface area contributed by atoms with Crippen LogP contribution in [0.1, 0.15) is 26.6 Å². The predicted molar refractivity (Wildman–Crippen MR) is 78.3 cm³/mol. The van der Waals surface area contributed by atoms with E-state index in [9.17, 15) is 4.39 Å². The lowest BCUT2D eigenvalue weighted by molar-refractivity contribution is 0.418. The van der Waals surface area contributed by atoms with Crippen molar-refractivity contribution < 1.29 is 4.39 Å². The zero-order valence-electron chi connectivity index (χ0n) is 11.2. The van der Waals surface area contributed by atoms with Gasteiger partial charge in [0.15, 0.2) is 0 Å². The third-order valence-electron chi connectivity index (χ3n) is 2.63. The topological polar surface area (TPSA) is 40.7 Å². The minimum atomic E-state index is -0.262. The standard InChI is InChI=1S/C14H17BrFN3/c1-14(2,3)18-8-13-17-7-12(19-13)10-6-9(15)4-5-11(10)16/h4-7,18H,8H2,1-3H3,(H,17,19). The van der Waals surface area contributed by atoms with Crippen LogP contribution in [-0.2, 0) is 6.54 Å². The van der Waals surface area contributed by atoms with E-state index in [2.05, 4.69) is 52.0 Å². The Balaban J connectivity index is 2.19. The normalized spacial score (nSPS) is 11.8. The third kappa shape index (κ3) is 3.88. The van der Waals surface area contributed by atoms with E-state index >= 15 is 0 Å². The first-order chi connectivity index (χ1) is 8.85. The van der Waals surface area contributed by atoms with Gasteiger partial charge in [-0.3, -0.25) is 0 Å². The molecule has 5 heteroatoms. The van der Waals surface area contributed by atoms with E-state index in [-0.39, 0.29) is 11.4 Å². The van der Waals surface area contributed by atoms with Gasteiger partial charge in [-0.05, 0) is 39.0 Å². The average molecular weight is 326 g/mol. The van der Waals surface area contributed by atoms with Gasteiger partial charge >= 0.3 is 0 Å². The molecule has 1 heterocycles. The van der Waals surface area contributed by atoms with Crippen LogP contribution in [0.2, 0.25) is 0 Å². The first kappa shape index (κ1) is 14.2. The summed E-state index contributed by atoms with van der Waals surface area (Å²) in [7, 11) is 0. The molecule has 1 aromatic heterocycles. The molecule has 0 aliphatic carbocycles. The summed E-state index contributed by atoms with van der Waals surface area (Å²) in [6.45, 7) is 6.89. The highest BCUT2D eigenvalue weighted by atomic mass is 79.9. The molecule has 0 atom stereocenters. The maximum Gasteiger partial charge on any atom is 0.132 e. The van der Waals surface area contributed by atoms with Crippen LogP contribution >= 0.6 is 15.9 Å². The molecule has 0 unspecified atom stereocenters. The first-order valence-corrected chi connectivity index (χ1v) is 6.89. The molecule has 2 rings (SSSR count). The highest BCUT2D eigenvalue weighted by Crippen LogP contribution is 2.24. The number of rotatable bonds is 3. The van der Waals surface area contributed by atoms with Crippen molar-refractivity contribution in [1.82, 2.24) is 15.3 Å². The lowest BCUT2D eigenvalue weighted by Gasteiger charge is -2.19. The summed E-state index contributed by atoms with van der Waals surface area (Å²) in [5.74, 6) is 0.534. The summed E-state index contributed by atoms with van der Waals surface area (Å²) >= 11 is 3.34. The van der Waals surface area contributed by atoms with Crippen molar-refractivity contribution in [2.45, 2.75) is 32.9 Å². The van der Waals surface area contributed by atoms with Crippen molar-refractivity contribution in [2.24, 2.45) is 0 Å². The Labute approximate surface area is 120 Å². The van der Waals surface area contributed by atoms with Gasteiger partial charge in [0.1, 0.15) is 11.6 Å². The van der Waals surface area contributed by atoms with E-state index in [4.69, 9.17) is 0 Å². The second-order valence-electron chi connectivity index (χ2n) is 5.47. The number of benzene rings is 1. The lowest BCUT2D eigenvalue weighted by atomic mass is 10.1. The van der Waals surface area contributed by atoms with E-state index in [1.165, 1.54) is 6.07 Å². The second kappa shape index (κ2) is 5.43. The molecule has 102 valence electrons. The SMILES string of the molecule is CC(C)(C)NCc1ncc(-c2cc(Br)ccc2F)[nH]1. The zero-order valence-corrected chi connectivity index (χ0v) is 12.8. The molecule has 19 heavy (non-hydrogen) atoms. The van der Waals surface area contributed by atoms with Crippen LogP contribution in [0.5, 0.6) is 0 Å². The number of aromatic nitrogens is 2. The lowest BCUT2D eigenvalue weighted by Crippen LogP contribution is -2.35. The molecule has 0 bridgehead atoms. The fourth-order valence-corrected chi connectivity index (χ4v) is 2.00. The Morgan fingerprint density at radius 3 is 2.79 bits per heavy atom. The van der Waals surface area contributed by atoms with Crippen molar-refractivity contribution in [3.05, 3.63) is 40.5 Å². The quantitative estimate of drug-likeness (QED) is 0.899. The number of nitrogens with zero attached hydrogens (tertiary/aromatic N) is 1. The van der Waals surface area contributed by atoms with E-state index < -0.39 is 0 Å². The van der Waals surface area contributed by atoms with Gasteiger partial charge in [0, 0.05) is 15.6 Å². The summed E-state index contributed by atoms with van der Waals surface area (Å²) in [4.78, 5) is 7.40. The van der Waals surface area contributed by atoms with Gasteiger partial charge in [-0.25, -0.2) is 9.37 Å². The molecule has 0 amide bonds. The summed E-state index contributed by atoms with van der Waals surface area (Å²) in [5.41, 5.74) is 1.22. The molecular formula is C14H17BrFN3. The van der Waals surface area contributed by atoms with Gasteiger partial charge in [-0.1, -0.05) is 15.9 Å². The molecule has 3 nitrogen and oxygen atoms in total. The monoisotopic (exact) mass is 325 g/mol. The van der Waals surface area contributed by atoms with Crippen LogP contribution in [0.25, 0.3) is 11.3 Å². The van der Waals surface area contributed by atoms with Gasteiger partial charge in [0.05, 0.1) is 18.4 Å². The molecule has 0 aliphatic rings. The molecule has 1 aromatic carbocycles. The molecule has 0 fully saturated rings. The van der Waals surface area contributed by atoms with Gasteiger partial charge < -0.3 is 10.3 Å². The van der Waals surface area contributed by atoms with Crippen LogP contribution in [0.4, 0.5) is 4.39 Å². The zero-order chi connectivity index (χ0) is 14.0. The minimum Gasteiger partial charge on any atom is -0.341 e. The Hall–Kier alpha value is -1.20. The number of aromatic amines is 1. The number of H-pyrrole nitrogens is 1. The van der Waals surface area contributed by atoms with Crippen molar-refractivity contribution in [1.29, 1.82) is 0 Å². The number of hydrogen-bond acceptors (Lipinski definition) is 2. The Bertz CT molecular complexity index is 572. The molecule has 0 saturated carbocycles. The smallest absolute Gasteiger partial charge is 0.132 e. The van der Waals surface area contributed by atoms with Crippen molar-refractivity contribution in [2.75, 3.05) is 0 Å². The van der Waals surface area contributed by atoms with Crippen LogP contribution in [0.15, 0.2) is 28.9 Å². The third-order valence-corrected chi connectivity index (χ3v) is 3.13. The Morgan fingerprint density at radius 2 is 2.11 bits per heavy atom. The average Bonchev–Trinajstić information content (AvgIpc) is 2.77. The molecule has 0 radical (unpaired) electrons. The van der Waals surface area contributed by atoms with Crippen LogP contribution in [0.3, 0.4) is 0 Å². The van der Waals surface area contributed by atoms with E-state index in [0.717, 1.165) is 10.3 Å². The van der Waals surface area contributed by atoms with Crippen molar-refractivity contribution in [3.8, 4) is 11.3 Å². The maximum absolute atomic E-state index is 13.8. The van der Waals surface area contributed by atoms with Gasteiger partial charge in [-0.2, -0.15) is 0 Å². The van der Waals surface area contributed by atoms with Crippen molar-refractivity contribution >= 4 is 15.9 Å². The van der Waals surface area contributed by atoms with Crippen LogP contribution < -0.4 is 5.32 Å². The minimum absolute atomic E-state index is 0.0218. The highest BCUT2D eigenvalue weighted by Gasteiger charge is 2.12. The number of nitrogens with one attached hydrogen (secondary N) is 2. The van der Waals surface area contributed by atoms with Crippen molar-refractivity contribution in [3.63, 3.8) is 0 Å². The fourth-order valence-electron chi connectivity index (χ4n) is 1.64. The van der Waals surface area contributed by atoms with Gasteiger partial charge in [-0.15, -0.1) is 0 Å². The number of imidazole rings is 1. The summed E-state index contributed by atoms with van der Waals surface area (Å²) in [6, 6.07) is 4.86. The molecule has 0 saturated heterocycles. The molecular weight excluding hydrogens is 309 g/mol. The van der Waals surface area contributed by atoms with Crippen LogP contribution in [0, 0.1) is 5.82 Å². The number of hydrogen-bond donors (Lipinski definition) is 2. The Morgan fingerprint density at radius 1 is 1.37 bits per heavy atom. The molecule has 0 spiro atoms. The second-order valence-corrected chi connectivity index (χ2v) is 6.39. The van der Waals surface area contributed by atoms with Gasteiger partial charge in [0.25, 0.3) is 0 Å². The molecule has 2 N–H and O–H groups in total. The molecule has 2 aromatic rings. The first-order valence-electron chi connectivity index (χ1n) is 6.09. The largest absolute Gasteiger partial charge is 0.341 e. The van der Waals surface area contributed by atoms with Gasteiger partial charge in [0.2, 0.25) is 0 Å². The predicted octanol–water partition coefficient (Wildman–Crippen LogP) is 3.87. The summed E-state index contributed by atoms with van der Waals surface area (Å²) < 4.78 is 14.6. The Kier molecular flexibility index (Phi) is 4.06. The van der Waals surface area contributed by atoms with E-state index in [1.807, 2.05) is 0 Å². The fraction of sp³-hybridized carbons (Fsp3) is 0.357. The molecule has 0 aliphatic heterocycles. The maximum atomic E-state index is 13.8. The number of halogens is 2. The summed E-state index contributed by atoms with van der Waals surface area (Å²) in [5, 5.41) is 3.33. The van der Waals surface area contributed by atoms with E-state index in [0.29, 0.717) is 17.8 Å². The van der Waals surface area contributed by atoms with E-state index in [1.54, 1.807) is 18.3 Å².